The Labute approximate surface area is 196 Å². The minimum absolute atomic E-state index is 0.000609. The average Bonchev–Trinajstić information content (AvgIpc) is 3.10. The summed E-state index contributed by atoms with van der Waals surface area (Å²) in [5.41, 5.74) is 2.44. The molecule has 0 bridgehead atoms. The number of aryl methyl sites for hydroxylation is 1. The van der Waals surface area contributed by atoms with Crippen molar-refractivity contribution in [3.05, 3.63) is 83.6 Å². The monoisotopic (exact) mass is 493 g/mol. The molecule has 0 spiro atoms. The maximum Gasteiger partial charge on any atom is 0.573 e. The smallest absolute Gasteiger partial charge is 0.406 e. The first-order chi connectivity index (χ1) is 16.1. The van der Waals surface area contributed by atoms with Gasteiger partial charge >= 0.3 is 6.36 Å². The van der Waals surface area contributed by atoms with Crippen molar-refractivity contribution >= 4 is 34.2 Å². The van der Waals surface area contributed by atoms with Gasteiger partial charge in [0.15, 0.2) is 11.6 Å². The molecule has 4 aromatic rings. The maximum atomic E-state index is 14.3. The van der Waals surface area contributed by atoms with Crippen molar-refractivity contribution in [3.63, 3.8) is 0 Å². The van der Waals surface area contributed by atoms with E-state index < -0.39 is 18.0 Å². The minimum atomic E-state index is -4.78. The van der Waals surface area contributed by atoms with Gasteiger partial charge < -0.3 is 15.4 Å². The van der Waals surface area contributed by atoms with E-state index >= 15 is 0 Å². The van der Waals surface area contributed by atoms with Gasteiger partial charge in [-0.3, -0.25) is 3.97 Å². The van der Waals surface area contributed by atoms with E-state index in [1.807, 2.05) is 16.2 Å². The second kappa shape index (κ2) is 9.55. The van der Waals surface area contributed by atoms with Gasteiger partial charge in [-0.1, -0.05) is 18.2 Å². The van der Waals surface area contributed by atoms with Crippen molar-refractivity contribution in [2.75, 3.05) is 12.4 Å². The third-order valence-corrected chi connectivity index (χ3v) is 5.98. The van der Waals surface area contributed by atoms with Crippen LogP contribution in [0.5, 0.6) is 5.75 Å². The fraction of sp³-hybridized carbons (Fsp3) is 0.167. The van der Waals surface area contributed by atoms with Gasteiger partial charge in [-0.05, 0) is 73.4 Å². The molecule has 2 N–H and O–H groups in total. The van der Waals surface area contributed by atoms with Gasteiger partial charge in [-0.25, -0.2) is 8.78 Å². The van der Waals surface area contributed by atoms with E-state index in [4.69, 9.17) is 0 Å². The van der Waals surface area contributed by atoms with E-state index in [0.717, 1.165) is 16.5 Å². The van der Waals surface area contributed by atoms with E-state index in [0.29, 0.717) is 17.1 Å². The zero-order chi connectivity index (χ0) is 24.5. The van der Waals surface area contributed by atoms with E-state index in [-0.39, 0.29) is 17.0 Å². The Morgan fingerprint density at radius 2 is 1.79 bits per heavy atom. The number of fused-ring (bicyclic) bond motifs is 1. The molecule has 0 saturated carbocycles. The van der Waals surface area contributed by atoms with Gasteiger partial charge in [0.25, 0.3) is 0 Å². The summed E-state index contributed by atoms with van der Waals surface area (Å²) < 4.78 is 71.9. The van der Waals surface area contributed by atoms with Gasteiger partial charge in [-0.15, -0.1) is 13.2 Å². The second-order valence-electron chi connectivity index (χ2n) is 7.54. The quantitative estimate of drug-likeness (QED) is 0.268. The molecule has 0 aliphatic rings. The molecule has 0 aliphatic heterocycles. The predicted molar refractivity (Wildman–Crippen MR) is 123 cm³/mol. The van der Waals surface area contributed by atoms with Crippen molar-refractivity contribution in [3.8, 4) is 5.75 Å². The van der Waals surface area contributed by atoms with Gasteiger partial charge in [-0.2, -0.15) is 0 Å². The first kappa shape index (κ1) is 23.9. The fourth-order valence-electron chi connectivity index (χ4n) is 3.49. The number of halogens is 5. The fourth-order valence-corrected chi connectivity index (χ4v) is 4.46. The number of benzene rings is 3. The number of alkyl halides is 3. The molecule has 0 saturated heterocycles. The molecule has 4 nitrogen and oxygen atoms in total. The van der Waals surface area contributed by atoms with Crippen LogP contribution >= 0.6 is 11.9 Å². The molecule has 1 aromatic heterocycles. The van der Waals surface area contributed by atoms with Gasteiger partial charge in [0.1, 0.15) is 5.75 Å². The molecule has 0 unspecified atom stereocenters. The Morgan fingerprint density at radius 3 is 2.53 bits per heavy atom. The van der Waals surface area contributed by atoms with Gasteiger partial charge in [0.05, 0.1) is 11.2 Å². The Balaban J connectivity index is 1.69. The van der Waals surface area contributed by atoms with E-state index in [1.165, 1.54) is 49.2 Å². The van der Waals surface area contributed by atoms with Crippen LogP contribution in [0.25, 0.3) is 10.9 Å². The van der Waals surface area contributed by atoms with Crippen LogP contribution in [0, 0.1) is 18.6 Å². The molecule has 10 heteroatoms. The lowest BCUT2D eigenvalue weighted by Gasteiger charge is -2.12. The summed E-state index contributed by atoms with van der Waals surface area (Å²) >= 11 is 1.21. The zero-order valence-electron chi connectivity index (χ0n) is 18.1. The van der Waals surface area contributed by atoms with E-state index in [9.17, 15) is 22.0 Å². The van der Waals surface area contributed by atoms with Gasteiger partial charge in [0.2, 0.25) is 0 Å². The summed E-state index contributed by atoms with van der Waals surface area (Å²) in [7, 11) is 1.80. The van der Waals surface area contributed by atoms with Crippen LogP contribution < -0.4 is 15.4 Å². The third kappa shape index (κ3) is 5.28. The van der Waals surface area contributed by atoms with E-state index in [2.05, 4.69) is 15.4 Å². The van der Waals surface area contributed by atoms with Crippen LogP contribution in [-0.4, -0.2) is 17.4 Å². The molecule has 0 fully saturated rings. The van der Waals surface area contributed by atoms with Crippen molar-refractivity contribution < 1.29 is 26.7 Å². The molecule has 1 heterocycles. The predicted octanol–water partition coefficient (Wildman–Crippen LogP) is 7.14. The average molecular weight is 494 g/mol. The molecule has 0 atom stereocenters. The number of hydrogen-bond acceptors (Lipinski definition) is 4. The standard InChI is InChI=1S/C24H20F5N3OS/c1-14-6-9-20(23(26)22(14)25)31-16-7-8-19-15(12-30-2)13-32(21(19)10-16)34-18-5-3-4-17(11-18)33-24(27,28)29/h3-11,13,30-31H,12H2,1-2H3. The van der Waals surface area contributed by atoms with E-state index in [1.54, 1.807) is 25.2 Å². The zero-order valence-corrected chi connectivity index (χ0v) is 19.0. The lowest BCUT2D eigenvalue weighted by Crippen LogP contribution is -2.17. The molecule has 0 aliphatic carbocycles. The Hall–Kier alpha value is -3.24. The Bertz CT molecular complexity index is 1340. The number of nitrogens with zero attached hydrogens (tertiary/aromatic N) is 1. The Morgan fingerprint density at radius 1 is 1.00 bits per heavy atom. The summed E-state index contributed by atoms with van der Waals surface area (Å²) in [6.45, 7) is 2.04. The second-order valence-corrected chi connectivity index (χ2v) is 8.59. The minimum Gasteiger partial charge on any atom is -0.406 e. The molecule has 34 heavy (non-hydrogen) atoms. The number of ether oxygens (including phenoxy) is 1. The van der Waals surface area contributed by atoms with Crippen LogP contribution in [0.4, 0.5) is 33.3 Å². The van der Waals surface area contributed by atoms with Crippen LogP contribution in [-0.2, 0) is 6.54 Å². The number of nitrogens with one attached hydrogen (secondary N) is 2. The highest BCUT2D eigenvalue weighted by atomic mass is 32.2. The molecular weight excluding hydrogens is 473 g/mol. The summed E-state index contributed by atoms with van der Waals surface area (Å²) in [4.78, 5) is 0.527. The van der Waals surface area contributed by atoms with Crippen LogP contribution in [0.1, 0.15) is 11.1 Å². The Kier molecular flexibility index (Phi) is 6.72. The normalized spacial score (nSPS) is 11.7. The highest BCUT2D eigenvalue weighted by Gasteiger charge is 2.31. The lowest BCUT2D eigenvalue weighted by atomic mass is 10.1. The highest BCUT2D eigenvalue weighted by molar-refractivity contribution is 7.98. The number of rotatable bonds is 7. The third-order valence-electron chi connectivity index (χ3n) is 5.02. The largest absolute Gasteiger partial charge is 0.573 e. The number of aromatic nitrogens is 1. The van der Waals surface area contributed by atoms with Crippen LogP contribution in [0.2, 0.25) is 0 Å². The molecule has 0 radical (unpaired) electrons. The summed E-state index contributed by atoms with van der Waals surface area (Å²) in [5, 5.41) is 6.90. The number of anilines is 2. The van der Waals surface area contributed by atoms with Crippen molar-refractivity contribution in [1.29, 1.82) is 0 Å². The van der Waals surface area contributed by atoms with Crippen molar-refractivity contribution in [2.45, 2.75) is 24.7 Å². The maximum absolute atomic E-state index is 14.3. The summed E-state index contributed by atoms with van der Waals surface area (Å²) in [6.07, 6.45) is -2.91. The first-order valence-corrected chi connectivity index (χ1v) is 11.0. The summed E-state index contributed by atoms with van der Waals surface area (Å²) in [5.74, 6) is -2.20. The van der Waals surface area contributed by atoms with Crippen molar-refractivity contribution in [1.82, 2.24) is 9.29 Å². The van der Waals surface area contributed by atoms with Crippen molar-refractivity contribution in [2.24, 2.45) is 0 Å². The van der Waals surface area contributed by atoms with Gasteiger partial charge in [0, 0.05) is 28.7 Å². The summed E-state index contributed by atoms with van der Waals surface area (Å²) in [6, 6.07) is 14.0. The van der Waals surface area contributed by atoms with Crippen LogP contribution in [0.15, 0.2) is 65.7 Å². The lowest BCUT2D eigenvalue weighted by molar-refractivity contribution is -0.274. The highest BCUT2D eigenvalue weighted by Crippen LogP contribution is 2.34. The molecule has 0 amide bonds. The van der Waals surface area contributed by atoms with Crippen LogP contribution in [0.3, 0.4) is 0 Å². The molecular formula is C24H20F5N3OS. The number of hydrogen-bond donors (Lipinski definition) is 2. The topological polar surface area (TPSA) is 38.2 Å². The SMILES string of the molecule is CNCc1cn(Sc2cccc(OC(F)(F)F)c2)c2cc(Nc3ccc(C)c(F)c3F)ccc12. The molecule has 3 aromatic carbocycles. The first-order valence-electron chi connectivity index (χ1n) is 10.2. The molecule has 178 valence electrons. The molecule has 4 rings (SSSR count).